The standard InChI is InChI=1S/C21H25NO3/c1-5-12-22-18(15-6-9-17(23-2)10-7-15)11-8-16-13-20(24-3)21(25-4)14-19(16)22/h5-7,9-10,13-14,18H,1,8,11-12H2,2-4H3. The molecule has 0 spiro atoms. The highest BCUT2D eigenvalue weighted by atomic mass is 16.5. The van der Waals surface area contributed by atoms with Crippen molar-refractivity contribution in [2.45, 2.75) is 18.9 Å². The molecule has 2 aromatic carbocycles. The van der Waals surface area contributed by atoms with Gasteiger partial charge >= 0.3 is 0 Å². The van der Waals surface area contributed by atoms with E-state index in [1.54, 1.807) is 21.3 Å². The summed E-state index contributed by atoms with van der Waals surface area (Å²) in [6, 6.07) is 12.8. The third-order valence-electron chi connectivity index (χ3n) is 4.78. The van der Waals surface area contributed by atoms with E-state index in [9.17, 15) is 0 Å². The summed E-state index contributed by atoms with van der Waals surface area (Å²) < 4.78 is 16.2. The first-order chi connectivity index (χ1) is 12.2. The summed E-state index contributed by atoms with van der Waals surface area (Å²) in [5, 5.41) is 0. The lowest BCUT2D eigenvalue weighted by Crippen LogP contribution is -2.33. The molecule has 3 rings (SSSR count). The van der Waals surface area contributed by atoms with E-state index < -0.39 is 0 Å². The van der Waals surface area contributed by atoms with Crippen molar-refractivity contribution in [1.29, 1.82) is 0 Å². The van der Waals surface area contributed by atoms with Gasteiger partial charge in [0.05, 0.1) is 27.4 Å². The Hall–Kier alpha value is -2.62. The number of aryl methyl sites for hydroxylation is 1. The quantitative estimate of drug-likeness (QED) is 0.730. The van der Waals surface area contributed by atoms with Crippen LogP contribution in [-0.2, 0) is 6.42 Å². The van der Waals surface area contributed by atoms with E-state index in [1.807, 2.05) is 18.2 Å². The molecule has 0 bridgehead atoms. The molecule has 1 unspecified atom stereocenters. The summed E-state index contributed by atoms with van der Waals surface area (Å²) in [6.45, 7) is 4.72. The lowest BCUT2D eigenvalue weighted by Gasteiger charge is -2.39. The van der Waals surface area contributed by atoms with Gasteiger partial charge in [0.1, 0.15) is 5.75 Å². The minimum atomic E-state index is 0.300. The molecule has 1 aliphatic heterocycles. The van der Waals surface area contributed by atoms with E-state index in [0.717, 1.165) is 36.6 Å². The highest BCUT2D eigenvalue weighted by Gasteiger charge is 2.28. The Balaban J connectivity index is 2.01. The lowest BCUT2D eigenvalue weighted by molar-refractivity contribution is 0.354. The Morgan fingerprint density at radius 3 is 2.32 bits per heavy atom. The predicted octanol–water partition coefficient (Wildman–Crippen LogP) is 4.39. The number of methoxy groups -OCH3 is 3. The molecule has 132 valence electrons. The number of nitrogens with zero attached hydrogens (tertiary/aromatic N) is 1. The van der Waals surface area contributed by atoms with Gasteiger partial charge in [-0.3, -0.25) is 0 Å². The van der Waals surface area contributed by atoms with Gasteiger partial charge in [-0.1, -0.05) is 18.2 Å². The molecular formula is C21H25NO3. The monoisotopic (exact) mass is 339 g/mol. The Morgan fingerprint density at radius 1 is 1.04 bits per heavy atom. The van der Waals surface area contributed by atoms with Crippen LogP contribution in [0, 0.1) is 0 Å². The van der Waals surface area contributed by atoms with Gasteiger partial charge < -0.3 is 19.1 Å². The highest BCUT2D eigenvalue weighted by molar-refractivity contribution is 5.65. The number of fused-ring (bicyclic) bond motifs is 1. The van der Waals surface area contributed by atoms with Crippen LogP contribution in [0.15, 0.2) is 49.1 Å². The summed E-state index contributed by atoms with van der Waals surface area (Å²) in [6.07, 6.45) is 3.99. The van der Waals surface area contributed by atoms with Crippen LogP contribution in [0.25, 0.3) is 0 Å². The Bertz CT molecular complexity index is 740. The minimum absolute atomic E-state index is 0.300. The molecule has 4 nitrogen and oxygen atoms in total. The molecule has 0 fully saturated rings. The second kappa shape index (κ2) is 7.51. The Kier molecular flexibility index (Phi) is 5.17. The zero-order valence-corrected chi connectivity index (χ0v) is 15.1. The van der Waals surface area contributed by atoms with Gasteiger partial charge in [0, 0.05) is 18.3 Å². The van der Waals surface area contributed by atoms with Gasteiger partial charge in [0.2, 0.25) is 0 Å². The number of hydrogen-bond acceptors (Lipinski definition) is 4. The second-order valence-electron chi connectivity index (χ2n) is 6.10. The van der Waals surface area contributed by atoms with Crippen LogP contribution in [0.3, 0.4) is 0 Å². The van der Waals surface area contributed by atoms with Crippen molar-refractivity contribution in [1.82, 2.24) is 0 Å². The summed E-state index contributed by atoms with van der Waals surface area (Å²) in [5.41, 5.74) is 3.75. The molecule has 0 aromatic heterocycles. The number of hydrogen-bond donors (Lipinski definition) is 0. The smallest absolute Gasteiger partial charge is 0.162 e. The van der Waals surface area contributed by atoms with Crippen LogP contribution in [0.1, 0.15) is 23.6 Å². The first-order valence-corrected chi connectivity index (χ1v) is 8.48. The fourth-order valence-electron chi connectivity index (χ4n) is 3.53. The van der Waals surface area contributed by atoms with Crippen molar-refractivity contribution in [2.75, 3.05) is 32.8 Å². The molecule has 0 aliphatic carbocycles. The summed E-state index contributed by atoms with van der Waals surface area (Å²) >= 11 is 0. The zero-order valence-electron chi connectivity index (χ0n) is 15.1. The van der Waals surface area contributed by atoms with Gasteiger partial charge in [-0.25, -0.2) is 0 Å². The molecular weight excluding hydrogens is 314 g/mol. The van der Waals surface area contributed by atoms with Gasteiger partial charge in [-0.15, -0.1) is 6.58 Å². The van der Waals surface area contributed by atoms with E-state index in [1.165, 1.54) is 16.8 Å². The fourth-order valence-corrected chi connectivity index (χ4v) is 3.53. The first-order valence-electron chi connectivity index (χ1n) is 8.48. The highest BCUT2D eigenvalue weighted by Crippen LogP contribution is 2.43. The molecule has 2 aromatic rings. The van der Waals surface area contributed by atoms with E-state index in [4.69, 9.17) is 14.2 Å². The molecule has 0 radical (unpaired) electrons. The summed E-state index contributed by atoms with van der Waals surface area (Å²) in [7, 11) is 5.04. The van der Waals surface area contributed by atoms with Crippen molar-refractivity contribution in [2.24, 2.45) is 0 Å². The van der Waals surface area contributed by atoms with E-state index in [0.29, 0.717) is 6.04 Å². The zero-order chi connectivity index (χ0) is 17.8. The largest absolute Gasteiger partial charge is 0.497 e. The van der Waals surface area contributed by atoms with E-state index in [-0.39, 0.29) is 0 Å². The van der Waals surface area contributed by atoms with Gasteiger partial charge in [0.25, 0.3) is 0 Å². The topological polar surface area (TPSA) is 30.9 Å². The molecule has 25 heavy (non-hydrogen) atoms. The third kappa shape index (κ3) is 3.29. The normalized spacial score (nSPS) is 16.1. The van der Waals surface area contributed by atoms with Crippen LogP contribution in [0.2, 0.25) is 0 Å². The summed E-state index contributed by atoms with van der Waals surface area (Å²) in [5.74, 6) is 2.41. The third-order valence-corrected chi connectivity index (χ3v) is 4.78. The number of benzene rings is 2. The van der Waals surface area contributed by atoms with Gasteiger partial charge in [-0.2, -0.15) is 0 Å². The fraction of sp³-hybridized carbons (Fsp3) is 0.333. The average Bonchev–Trinajstić information content (AvgIpc) is 2.67. The van der Waals surface area contributed by atoms with Crippen LogP contribution >= 0.6 is 0 Å². The molecule has 0 amide bonds. The van der Waals surface area contributed by atoms with Crippen LogP contribution < -0.4 is 19.1 Å². The molecule has 0 N–H and O–H groups in total. The molecule has 1 aliphatic rings. The van der Waals surface area contributed by atoms with Crippen molar-refractivity contribution >= 4 is 5.69 Å². The predicted molar refractivity (Wildman–Crippen MR) is 101 cm³/mol. The number of ether oxygens (including phenoxy) is 3. The molecule has 0 saturated heterocycles. The van der Waals surface area contributed by atoms with Crippen LogP contribution in [-0.4, -0.2) is 27.9 Å². The molecule has 4 heteroatoms. The maximum absolute atomic E-state index is 5.51. The maximum Gasteiger partial charge on any atom is 0.162 e. The Morgan fingerprint density at radius 2 is 1.72 bits per heavy atom. The number of anilines is 1. The van der Waals surface area contributed by atoms with Crippen molar-refractivity contribution in [3.8, 4) is 17.2 Å². The first kappa shape index (κ1) is 17.2. The van der Waals surface area contributed by atoms with E-state index >= 15 is 0 Å². The minimum Gasteiger partial charge on any atom is -0.497 e. The molecule has 1 atom stereocenters. The average molecular weight is 339 g/mol. The van der Waals surface area contributed by atoms with Crippen molar-refractivity contribution in [3.05, 3.63) is 60.2 Å². The molecule has 1 heterocycles. The van der Waals surface area contributed by atoms with Crippen LogP contribution in [0.4, 0.5) is 5.69 Å². The SMILES string of the molecule is C=CCN1c2cc(OC)c(OC)cc2CCC1c1ccc(OC)cc1. The van der Waals surface area contributed by atoms with Gasteiger partial charge in [-0.05, 0) is 42.2 Å². The summed E-state index contributed by atoms with van der Waals surface area (Å²) in [4.78, 5) is 2.38. The second-order valence-corrected chi connectivity index (χ2v) is 6.10. The van der Waals surface area contributed by atoms with Gasteiger partial charge in [0.15, 0.2) is 11.5 Å². The number of rotatable bonds is 6. The molecule has 0 saturated carbocycles. The van der Waals surface area contributed by atoms with Crippen molar-refractivity contribution in [3.63, 3.8) is 0 Å². The van der Waals surface area contributed by atoms with Crippen LogP contribution in [0.5, 0.6) is 17.2 Å². The van der Waals surface area contributed by atoms with Crippen molar-refractivity contribution < 1.29 is 14.2 Å². The lowest BCUT2D eigenvalue weighted by atomic mass is 9.90. The van der Waals surface area contributed by atoms with E-state index in [2.05, 4.69) is 35.7 Å². The maximum atomic E-state index is 5.51. The Labute approximate surface area is 149 Å².